The van der Waals surface area contributed by atoms with E-state index in [4.69, 9.17) is 9.47 Å². The lowest BCUT2D eigenvalue weighted by molar-refractivity contribution is -0.149. The number of hydrogen-bond acceptors (Lipinski definition) is 5. The smallest absolute Gasteiger partial charge is 0.408 e. The minimum atomic E-state index is -0.992. The third-order valence-electron chi connectivity index (χ3n) is 3.59. The van der Waals surface area contributed by atoms with Crippen LogP contribution in [0.4, 0.5) is 4.79 Å². The molecule has 1 aromatic rings. The Bertz CT molecular complexity index is 484. The second kappa shape index (κ2) is 7.08. The second-order valence-electron chi connectivity index (χ2n) is 5.01. The molecule has 1 heterocycles. The normalized spacial score (nSPS) is 16.8. The monoisotopic (exact) mass is 292 g/mol. The maximum atomic E-state index is 12.0. The topological polar surface area (TPSA) is 76.7 Å². The van der Waals surface area contributed by atoms with Crippen molar-refractivity contribution in [3.63, 3.8) is 0 Å². The van der Waals surface area contributed by atoms with Gasteiger partial charge in [0.05, 0.1) is 7.11 Å². The number of piperidine rings is 1. The van der Waals surface area contributed by atoms with E-state index in [1.54, 1.807) is 0 Å². The van der Waals surface area contributed by atoms with Gasteiger partial charge in [0, 0.05) is 0 Å². The van der Waals surface area contributed by atoms with Gasteiger partial charge in [-0.2, -0.15) is 0 Å². The molecule has 2 N–H and O–H groups in total. The largest absolute Gasteiger partial charge is 0.467 e. The van der Waals surface area contributed by atoms with Crippen molar-refractivity contribution in [1.82, 2.24) is 10.6 Å². The summed E-state index contributed by atoms with van der Waals surface area (Å²) in [6.07, 6.45) is 0.367. The maximum absolute atomic E-state index is 12.0. The SMILES string of the molecule is COC(=O)C1(NC(=O)OCc2ccccc2)CCNCC1. The zero-order valence-corrected chi connectivity index (χ0v) is 12.1. The Hall–Kier alpha value is -2.08. The van der Waals surface area contributed by atoms with Crippen molar-refractivity contribution in [1.29, 1.82) is 0 Å². The van der Waals surface area contributed by atoms with Gasteiger partial charge in [-0.05, 0) is 31.5 Å². The van der Waals surface area contributed by atoms with Crippen LogP contribution < -0.4 is 10.6 Å². The number of hydrogen-bond donors (Lipinski definition) is 2. The average Bonchev–Trinajstić information content (AvgIpc) is 2.54. The molecule has 0 aliphatic carbocycles. The summed E-state index contributed by atoms with van der Waals surface area (Å²) in [4.78, 5) is 23.9. The van der Waals surface area contributed by atoms with Crippen LogP contribution >= 0.6 is 0 Å². The molecule has 6 nitrogen and oxygen atoms in total. The number of nitrogens with one attached hydrogen (secondary N) is 2. The lowest BCUT2D eigenvalue weighted by Gasteiger charge is -2.35. The molecule has 1 amide bonds. The van der Waals surface area contributed by atoms with Crippen molar-refractivity contribution in [3.05, 3.63) is 35.9 Å². The van der Waals surface area contributed by atoms with Gasteiger partial charge in [-0.1, -0.05) is 30.3 Å². The highest BCUT2D eigenvalue weighted by molar-refractivity contribution is 5.85. The summed E-state index contributed by atoms with van der Waals surface area (Å²) in [5, 5.41) is 5.83. The quantitative estimate of drug-likeness (QED) is 0.816. The third-order valence-corrected chi connectivity index (χ3v) is 3.59. The molecule has 1 aliphatic rings. The van der Waals surface area contributed by atoms with Crippen molar-refractivity contribution in [2.45, 2.75) is 25.0 Å². The zero-order chi connectivity index (χ0) is 15.1. The molecule has 0 aromatic heterocycles. The summed E-state index contributed by atoms with van der Waals surface area (Å²) < 4.78 is 9.99. The van der Waals surface area contributed by atoms with Crippen LogP contribution in [0.5, 0.6) is 0 Å². The molecule has 0 atom stereocenters. The second-order valence-corrected chi connectivity index (χ2v) is 5.01. The first-order valence-electron chi connectivity index (χ1n) is 6.94. The number of amides is 1. The molecule has 1 saturated heterocycles. The zero-order valence-electron chi connectivity index (χ0n) is 12.1. The Morgan fingerprint density at radius 1 is 1.24 bits per heavy atom. The molecule has 0 spiro atoms. The van der Waals surface area contributed by atoms with Crippen molar-refractivity contribution in [2.75, 3.05) is 20.2 Å². The van der Waals surface area contributed by atoms with Gasteiger partial charge in [0.15, 0.2) is 0 Å². The summed E-state index contributed by atoms with van der Waals surface area (Å²) in [7, 11) is 1.32. The van der Waals surface area contributed by atoms with E-state index in [1.807, 2.05) is 30.3 Å². The number of carbonyl (C=O) groups is 2. The minimum absolute atomic E-state index is 0.169. The Kier molecular flexibility index (Phi) is 5.16. The lowest BCUT2D eigenvalue weighted by atomic mass is 9.88. The third kappa shape index (κ3) is 3.95. The number of ether oxygens (including phenoxy) is 2. The first-order valence-corrected chi connectivity index (χ1v) is 6.94. The number of esters is 1. The van der Waals surface area contributed by atoms with Gasteiger partial charge >= 0.3 is 12.1 Å². The Morgan fingerprint density at radius 2 is 1.90 bits per heavy atom. The molecular formula is C15H20N2O4. The molecule has 1 aromatic carbocycles. The summed E-state index contributed by atoms with van der Waals surface area (Å²) in [6.45, 7) is 1.46. The molecule has 21 heavy (non-hydrogen) atoms. The lowest BCUT2D eigenvalue weighted by Crippen LogP contribution is -2.60. The van der Waals surface area contributed by atoms with Crippen molar-refractivity contribution in [2.24, 2.45) is 0 Å². The number of benzene rings is 1. The first kappa shape index (κ1) is 15.3. The van der Waals surface area contributed by atoms with Crippen molar-refractivity contribution in [3.8, 4) is 0 Å². The molecule has 0 unspecified atom stereocenters. The standard InChI is InChI=1S/C15H20N2O4/c1-20-13(18)15(7-9-16-10-8-15)17-14(19)21-11-12-5-3-2-4-6-12/h2-6,16H,7-11H2,1H3,(H,17,19). The number of methoxy groups -OCH3 is 1. The Labute approximate surface area is 123 Å². The van der Waals surface area contributed by atoms with Gasteiger partial charge < -0.3 is 20.1 Å². The predicted molar refractivity (Wildman–Crippen MR) is 76.6 cm³/mol. The van der Waals surface area contributed by atoms with Crippen LogP contribution in [-0.2, 0) is 20.9 Å². The van der Waals surface area contributed by atoms with Crippen molar-refractivity contribution < 1.29 is 19.1 Å². The van der Waals surface area contributed by atoms with Crippen molar-refractivity contribution >= 4 is 12.1 Å². The van der Waals surface area contributed by atoms with Crippen LogP contribution in [0.1, 0.15) is 18.4 Å². The maximum Gasteiger partial charge on any atom is 0.408 e. The molecule has 1 aliphatic heterocycles. The van der Waals surface area contributed by atoms with Crippen LogP contribution in [0.25, 0.3) is 0 Å². The average molecular weight is 292 g/mol. The van der Waals surface area contributed by atoms with E-state index in [9.17, 15) is 9.59 Å². The molecule has 2 rings (SSSR count). The van der Waals surface area contributed by atoms with E-state index in [0.29, 0.717) is 25.9 Å². The fourth-order valence-electron chi connectivity index (χ4n) is 2.38. The minimum Gasteiger partial charge on any atom is -0.467 e. The highest BCUT2D eigenvalue weighted by atomic mass is 16.6. The predicted octanol–water partition coefficient (Wildman–Crippen LogP) is 1.21. The van der Waals surface area contributed by atoms with Crippen LogP contribution in [0, 0.1) is 0 Å². The first-order chi connectivity index (χ1) is 10.2. The summed E-state index contributed by atoms with van der Waals surface area (Å²) in [6, 6.07) is 9.38. The Morgan fingerprint density at radius 3 is 2.52 bits per heavy atom. The number of rotatable bonds is 4. The molecular weight excluding hydrogens is 272 g/mol. The van der Waals surface area contributed by atoms with Crippen LogP contribution in [0.2, 0.25) is 0 Å². The molecule has 114 valence electrons. The number of carbonyl (C=O) groups excluding carboxylic acids is 2. The highest BCUT2D eigenvalue weighted by Crippen LogP contribution is 2.20. The van der Waals surface area contributed by atoms with E-state index in [1.165, 1.54) is 7.11 Å². The van der Waals surface area contributed by atoms with E-state index >= 15 is 0 Å². The molecule has 1 fully saturated rings. The summed E-state index contributed by atoms with van der Waals surface area (Å²) >= 11 is 0. The van der Waals surface area contributed by atoms with Gasteiger partial charge in [0.25, 0.3) is 0 Å². The fourth-order valence-corrected chi connectivity index (χ4v) is 2.38. The van der Waals surface area contributed by atoms with E-state index < -0.39 is 17.6 Å². The molecule has 0 saturated carbocycles. The van der Waals surface area contributed by atoms with E-state index in [2.05, 4.69) is 10.6 Å². The van der Waals surface area contributed by atoms with Gasteiger partial charge in [-0.25, -0.2) is 9.59 Å². The van der Waals surface area contributed by atoms with E-state index in [0.717, 1.165) is 5.56 Å². The number of alkyl carbamates (subject to hydrolysis) is 1. The van der Waals surface area contributed by atoms with Gasteiger partial charge in [0.2, 0.25) is 0 Å². The van der Waals surface area contributed by atoms with Crippen LogP contribution in [0.15, 0.2) is 30.3 Å². The summed E-state index contributed by atoms with van der Waals surface area (Å²) in [5.41, 5.74) is -0.0987. The fraction of sp³-hybridized carbons (Fsp3) is 0.467. The van der Waals surface area contributed by atoms with Gasteiger partial charge in [-0.3, -0.25) is 0 Å². The van der Waals surface area contributed by atoms with E-state index in [-0.39, 0.29) is 6.61 Å². The van der Waals surface area contributed by atoms with Gasteiger partial charge in [0.1, 0.15) is 12.1 Å². The molecule has 0 bridgehead atoms. The molecule has 6 heteroatoms. The molecule has 0 radical (unpaired) electrons. The van der Waals surface area contributed by atoms with Crippen LogP contribution in [0.3, 0.4) is 0 Å². The highest BCUT2D eigenvalue weighted by Gasteiger charge is 2.42. The summed E-state index contributed by atoms with van der Waals surface area (Å²) in [5.74, 6) is -0.430. The van der Waals surface area contributed by atoms with Gasteiger partial charge in [-0.15, -0.1) is 0 Å². The van der Waals surface area contributed by atoms with Crippen LogP contribution in [-0.4, -0.2) is 37.8 Å². The Balaban J connectivity index is 1.93.